The quantitative estimate of drug-likeness (QED) is 0.520. The average molecular weight is 457 g/mol. The Kier molecular flexibility index (Phi) is 6.65. The number of nitrogens with zero attached hydrogens (tertiary/aromatic N) is 2. The van der Waals surface area contributed by atoms with E-state index in [-0.39, 0.29) is 11.3 Å². The lowest BCUT2D eigenvalue weighted by molar-refractivity contribution is -0.137. The standard InChI is InChI=1S/C25H23F4N3O/c26-21-9-6-19(7-10-21)24(33)30-22-16-20(25(27,28)29)8-11-23(22)32-14-12-31(13-15-32)17-18-4-2-1-3-5-18/h1-11,16H,12-15,17H2,(H,30,33). The summed E-state index contributed by atoms with van der Waals surface area (Å²) in [6.07, 6.45) is -4.54. The van der Waals surface area contributed by atoms with Crippen LogP contribution >= 0.6 is 0 Å². The molecule has 8 heteroatoms. The molecule has 1 aliphatic heterocycles. The second-order valence-corrected chi connectivity index (χ2v) is 7.94. The Balaban J connectivity index is 1.52. The van der Waals surface area contributed by atoms with Crippen LogP contribution in [-0.4, -0.2) is 37.0 Å². The van der Waals surface area contributed by atoms with Crippen LogP contribution in [0.3, 0.4) is 0 Å². The summed E-state index contributed by atoms with van der Waals surface area (Å²) in [5.41, 5.74) is 1.12. The predicted molar refractivity (Wildman–Crippen MR) is 120 cm³/mol. The van der Waals surface area contributed by atoms with Crippen LogP contribution in [0.1, 0.15) is 21.5 Å². The maximum Gasteiger partial charge on any atom is 0.416 e. The summed E-state index contributed by atoms with van der Waals surface area (Å²) < 4.78 is 53.2. The van der Waals surface area contributed by atoms with E-state index in [1.165, 1.54) is 23.8 Å². The normalized spacial score (nSPS) is 14.8. The number of anilines is 2. The molecule has 33 heavy (non-hydrogen) atoms. The predicted octanol–water partition coefficient (Wildman–Crippen LogP) is 5.42. The van der Waals surface area contributed by atoms with Gasteiger partial charge >= 0.3 is 6.18 Å². The molecule has 0 saturated carbocycles. The minimum absolute atomic E-state index is 0.0793. The van der Waals surface area contributed by atoms with Crippen molar-refractivity contribution in [2.24, 2.45) is 0 Å². The second kappa shape index (κ2) is 9.62. The van der Waals surface area contributed by atoms with Gasteiger partial charge in [-0.1, -0.05) is 30.3 Å². The number of hydrogen-bond donors (Lipinski definition) is 1. The number of rotatable bonds is 5. The molecule has 0 spiro atoms. The Bertz CT molecular complexity index is 1090. The minimum atomic E-state index is -4.54. The maximum absolute atomic E-state index is 13.3. The SMILES string of the molecule is O=C(Nc1cc(C(F)(F)F)ccc1N1CCN(Cc2ccccc2)CC1)c1ccc(F)cc1. The van der Waals surface area contributed by atoms with E-state index in [0.29, 0.717) is 18.8 Å². The van der Waals surface area contributed by atoms with Crippen molar-refractivity contribution in [1.29, 1.82) is 0 Å². The van der Waals surface area contributed by atoms with Crippen LogP contribution in [0, 0.1) is 5.82 Å². The monoisotopic (exact) mass is 457 g/mol. The maximum atomic E-state index is 13.3. The van der Waals surface area contributed by atoms with Crippen LogP contribution in [-0.2, 0) is 12.7 Å². The van der Waals surface area contributed by atoms with Crippen LogP contribution in [0.25, 0.3) is 0 Å². The van der Waals surface area contributed by atoms with Crippen molar-refractivity contribution < 1.29 is 22.4 Å². The van der Waals surface area contributed by atoms with E-state index < -0.39 is 23.5 Å². The van der Waals surface area contributed by atoms with Crippen molar-refractivity contribution in [3.63, 3.8) is 0 Å². The molecule has 0 unspecified atom stereocenters. The Morgan fingerprint density at radius 2 is 1.55 bits per heavy atom. The zero-order chi connectivity index (χ0) is 23.4. The van der Waals surface area contributed by atoms with Gasteiger partial charge < -0.3 is 10.2 Å². The summed E-state index contributed by atoms with van der Waals surface area (Å²) >= 11 is 0. The van der Waals surface area contributed by atoms with E-state index in [2.05, 4.69) is 22.3 Å². The summed E-state index contributed by atoms with van der Waals surface area (Å²) in [5, 5.41) is 2.59. The number of piperazine rings is 1. The van der Waals surface area contributed by atoms with Crippen molar-refractivity contribution in [1.82, 2.24) is 4.90 Å². The molecule has 1 amide bonds. The molecule has 0 aliphatic carbocycles. The number of nitrogens with one attached hydrogen (secondary N) is 1. The molecule has 172 valence electrons. The molecule has 1 heterocycles. The van der Waals surface area contributed by atoms with Crippen LogP contribution in [0.15, 0.2) is 72.8 Å². The fourth-order valence-corrected chi connectivity index (χ4v) is 3.87. The van der Waals surface area contributed by atoms with Gasteiger partial charge in [0, 0.05) is 38.3 Å². The van der Waals surface area contributed by atoms with Crippen molar-refractivity contribution in [3.8, 4) is 0 Å². The molecular formula is C25H23F4N3O. The van der Waals surface area contributed by atoms with Crippen molar-refractivity contribution >= 4 is 17.3 Å². The lowest BCUT2D eigenvalue weighted by atomic mass is 10.1. The molecule has 0 bridgehead atoms. The van der Waals surface area contributed by atoms with Gasteiger partial charge in [-0.25, -0.2) is 4.39 Å². The highest BCUT2D eigenvalue weighted by molar-refractivity contribution is 6.06. The van der Waals surface area contributed by atoms with E-state index in [9.17, 15) is 22.4 Å². The Labute approximate surface area is 189 Å². The number of hydrogen-bond acceptors (Lipinski definition) is 3. The molecule has 4 rings (SSSR count). The summed E-state index contributed by atoms with van der Waals surface area (Å²) in [7, 11) is 0. The Morgan fingerprint density at radius 3 is 2.18 bits per heavy atom. The molecule has 1 N–H and O–H groups in total. The first-order valence-electron chi connectivity index (χ1n) is 10.6. The van der Waals surface area contributed by atoms with Crippen molar-refractivity contribution in [3.05, 3.63) is 95.3 Å². The summed E-state index contributed by atoms with van der Waals surface area (Å²) in [4.78, 5) is 16.9. The third kappa shape index (κ3) is 5.70. The van der Waals surface area contributed by atoms with Crippen LogP contribution in [0.2, 0.25) is 0 Å². The second-order valence-electron chi connectivity index (χ2n) is 7.94. The number of benzene rings is 3. The summed E-state index contributed by atoms with van der Waals surface area (Å²) in [6.45, 7) is 3.49. The van der Waals surface area contributed by atoms with Crippen molar-refractivity contribution in [2.45, 2.75) is 12.7 Å². The summed E-state index contributed by atoms with van der Waals surface area (Å²) in [5.74, 6) is -1.10. The topological polar surface area (TPSA) is 35.6 Å². The fourth-order valence-electron chi connectivity index (χ4n) is 3.87. The van der Waals surface area contributed by atoms with Crippen LogP contribution < -0.4 is 10.2 Å². The smallest absolute Gasteiger partial charge is 0.367 e. The molecule has 3 aromatic carbocycles. The number of amides is 1. The Morgan fingerprint density at radius 1 is 0.879 bits per heavy atom. The largest absolute Gasteiger partial charge is 0.416 e. The third-order valence-corrected chi connectivity index (χ3v) is 5.64. The number of halogens is 4. The van der Waals surface area contributed by atoms with E-state index in [4.69, 9.17) is 0 Å². The van der Waals surface area contributed by atoms with Gasteiger partial charge in [-0.15, -0.1) is 0 Å². The first kappa shape index (κ1) is 22.8. The highest BCUT2D eigenvalue weighted by Crippen LogP contribution is 2.36. The first-order valence-corrected chi connectivity index (χ1v) is 10.6. The van der Waals surface area contributed by atoms with Gasteiger partial charge in [-0.05, 0) is 48.0 Å². The van der Waals surface area contributed by atoms with Gasteiger partial charge in [0.05, 0.1) is 16.9 Å². The van der Waals surface area contributed by atoms with Crippen LogP contribution in [0.5, 0.6) is 0 Å². The molecule has 3 aromatic rings. The lowest BCUT2D eigenvalue weighted by Crippen LogP contribution is -2.46. The first-order chi connectivity index (χ1) is 15.8. The number of alkyl halides is 3. The average Bonchev–Trinajstić information content (AvgIpc) is 2.80. The van der Waals surface area contributed by atoms with E-state index >= 15 is 0 Å². The third-order valence-electron chi connectivity index (χ3n) is 5.64. The molecule has 0 aromatic heterocycles. The summed E-state index contributed by atoms with van der Waals surface area (Å²) in [6, 6.07) is 18.3. The van der Waals surface area contributed by atoms with E-state index in [1.807, 2.05) is 23.1 Å². The Hall–Kier alpha value is -3.39. The van der Waals surface area contributed by atoms with Gasteiger partial charge in [0.25, 0.3) is 5.91 Å². The van der Waals surface area contributed by atoms with Gasteiger partial charge in [0.1, 0.15) is 5.82 Å². The zero-order valence-electron chi connectivity index (χ0n) is 17.8. The molecule has 1 saturated heterocycles. The highest BCUT2D eigenvalue weighted by Gasteiger charge is 2.32. The van der Waals surface area contributed by atoms with Gasteiger partial charge in [0.2, 0.25) is 0 Å². The van der Waals surface area contributed by atoms with E-state index in [0.717, 1.165) is 43.9 Å². The number of carbonyl (C=O) groups is 1. The molecular weight excluding hydrogens is 434 g/mol. The van der Waals surface area contributed by atoms with Gasteiger partial charge in [-0.2, -0.15) is 13.2 Å². The van der Waals surface area contributed by atoms with Gasteiger partial charge in [0.15, 0.2) is 0 Å². The molecule has 1 fully saturated rings. The molecule has 0 radical (unpaired) electrons. The van der Waals surface area contributed by atoms with E-state index in [1.54, 1.807) is 0 Å². The van der Waals surface area contributed by atoms with Crippen LogP contribution in [0.4, 0.5) is 28.9 Å². The molecule has 4 nitrogen and oxygen atoms in total. The van der Waals surface area contributed by atoms with Gasteiger partial charge in [-0.3, -0.25) is 9.69 Å². The van der Waals surface area contributed by atoms with Crippen molar-refractivity contribution in [2.75, 3.05) is 36.4 Å². The fraction of sp³-hybridized carbons (Fsp3) is 0.240. The molecule has 1 aliphatic rings. The highest BCUT2D eigenvalue weighted by atomic mass is 19.4. The molecule has 0 atom stereocenters. The lowest BCUT2D eigenvalue weighted by Gasteiger charge is -2.37. The number of carbonyl (C=O) groups excluding carboxylic acids is 1. The minimum Gasteiger partial charge on any atom is -0.367 e. The zero-order valence-corrected chi connectivity index (χ0v) is 17.8.